The second-order valence-electron chi connectivity index (χ2n) is 7.89. The molecule has 26 heavy (non-hydrogen) atoms. The molecule has 0 saturated carbocycles. The van der Waals surface area contributed by atoms with Gasteiger partial charge in [-0.1, -0.05) is 0 Å². The van der Waals surface area contributed by atoms with Gasteiger partial charge in [-0.25, -0.2) is 8.78 Å². The van der Waals surface area contributed by atoms with Crippen molar-refractivity contribution in [3.63, 3.8) is 0 Å². The minimum absolute atomic E-state index is 0.0115. The summed E-state index contributed by atoms with van der Waals surface area (Å²) < 4.78 is 26.4. The van der Waals surface area contributed by atoms with Gasteiger partial charge in [-0.2, -0.15) is 0 Å². The Bertz CT molecular complexity index is 630. The molecule has 1 aromatic carbocycles. The van der Waals surface area contributed by atoms with Crippen molar-refractivity contribution in [3.8, 4) is 0 Å². The molecular weight excluding hydrogens is 340 g/mol. The molecule has 0 atom stereocenters. The largest absolute Gasteiger partial charge is 0.352 e. The minimum atomic E-state index is -0.767. The monoisotopic (exact) mass is 367 g/mol. The quantitative estimate of drug-likeness (QED) is 0.840. The number of rotatable bonds is 5. The maximum Gasteiger partial charge on any atom is 0.251 e. The third kappa shape index (κ3) is 6.71. The number of carbonyl (C=O) groups excluding carboxylic acids is 2. The summed E-state index contributed by atoms with van der Waals surface area (Å²) in [6.07, 6.45) is 1.72. The number of amides is 2. The molecule has 144 valence electrons. The molecule has 1 saturated heterocycles. The number of carbonyl (C=O) groups is 2. The van der Waals surface area contributed by atoms with Crippen LogP contribution >= 0.6 is 0 Å². The van der Waals surface area contributed by atoms with Crippen LogP contribution in [0.25, 0.3) is 0 Å². The van der Waals surface area contributed by atoms with Crippen molar-refractivity contribution in [3.05, 3.63) is 35.4 Å². The molecule has 0 aromatic heterocycles. The van der Waals surface area contributed by atoms with Gasteiger partial charge in [-0.05, 0) is 64.8 Å². The first-order valence-electron chi connectivity index (χ1n) is 8.90. The van der Waals surface area contributed by atoms with Gasteiger partial charge in [0.15, 0.2) is 0 Å². The van der Waals surface area contributed by atoms with Gasteiger partial charge in [-0.15, -0.1) is 0 Å². The summed E-state index contributed by atoms with van der Waals surface area (Å²) in [7, 11) is 0. The Morgan fingerprint density at radius 2 is 1.69 bits per heavy atom. The van der Waals surface area contributed by atoms with Crippen LogP contribution in [0.15, 0.2) is 18.2 Å². The lowest BCUT2D eigenvalue weighted by atomic mass is 9.96. The molecule has 0 spiro atoms. The van der Waals surface area contributed by atoms with E-state index >= 15 is 0 Å². The van der Waals surface area contributed by atoms with E-state index in [0.717, 1.165) is 44.1 Å². The summed E-state index contributed by atoms with van der Waals surface area (Å²) in [5.41, 5.74) is -0.255. The summed E-state index contributed by atoms with van der Waals surface area (Å²) in [6.45, 7) is 8.25. The lowest BCUT2D eigenvalue weighted by molar-refractivity contribution is -0.124. The van der Waals surface area contributed by atoms with Crippen LogP contribution in [0, 0.1) is 17.6 Å². The smallest absolute Gasteiger partial charge is 0.251 e. The van der Waals surface area contributed by atoms with Crippen molar-refractivity contribution >= 4 is 11.8 Å². The third-order valence-electron chi connectivity index (χ3n) is 4.26. The van der Waals surface area contributed by atoms with E-state index in [1.54, 1.807) is 0 Å². The van der Waals surface area contributed by atoms with Gasteiger partial charge in [0.2, 0.25) is 5.91 Å². The van der Waals surface area contributed by atoms with Crippen molar-refractivity contribution < 1.29 is 18.4 Å². The van der Waals surface area contributed by atoms with E-state index < -0.39 is 17.5 Å². The van der Waals surface area contributed by atoms with Crippen LogP contribution in [0.2, 0.25) is 0 Å². The zero-order valence-electron chi connectivity index (χ0n) is 15.6. The lowest BCUT2D eigenvalue weighted by Gasteiger charge is -2.32. The van der Waals surface area contributed by atoms with Gasteiger partial charge in [0, 0.05) is 23.7 Å². The van der Waals surface area contributed by atoms with Crippen LogP contribution in [0.1, 0.15) is 44.0 Å². The van der Waals surface area contributed by atoms with Gasteiger partial charge < -0.3 is 10.6 Å². The maximum atomic E-state index is 13.2. The minimum Gasteiger partial charge on any atom is -0.352 e. The molecule has 1 fully saturated rings. The number of piperidine rings is 1. The predicted octanol–water partition coefficient (Wildman–Crippen LogP) is 2.32. The van der Waals surface area contributed by atoms with E-state index in [4.69, 9.17) is 0 Å². The second-order valence-corrected chi connectivity index (χ2v) is 7.89. The number of likely N-dealkylation sites (tertiary alicyclic amines) is 1. The summed E-state index contributed by atoms with van der Waals surface area (Å²) >= 11 is 0. The Balaban J connectivity index is 1.73. The van der Waals surface area contributed by atoms with Gasteiger partial charge >= 0.3 is 0 Å². The van der Waals surface area contributed by atoms with E-state index in [0.29, 0.717) is 19.0 Å². The fraction of sp³-hybridized carbons (Fsp3) is 0.579. The molecule has 1 aromatic rings. The van der Waals surface area contributed by atoms with Crippen molar-refractivity contribution in [2.45, 2.75) is 39.2 Å². The molecule has 7 heteroatoms. The van der Waals surface area contributed by atoms with Crippen LogP contribution in [0.3, 0.4) is 0 Å². The van der Waals surface area contributed by atoms with E-state index in [-0.39, 0.29) is 17.0 Å². The van der Waals surface area contributed by atoms with Crippen LogP contribution < -0.4 is 10.6 Å². The molecule has 2 amide bonds. The molecule has 1 aliphatic heterocycles. The second kappa shape index (κ2) is 8.58. The number of nitrogens with one attached hydrogen (secondary N) is 2. The van der Waals surface area contributed by atoms with E-state index in [1.165, 1.54) is 0 Å². The van der Waals surface area contributed by atoms with Crippen molar-refractivity contribution in [1.82, 2.24) is 15.5 Å². The Morgan fingerprint density at radius 1 is 1.12 bits per heavy atom. The molecule has 0 bridgehead atoms. The van der Waals surface area contributed by atoms with E-state index in [1.807, 2.05) is 20.8 Å². The van der Waals surface area contributed by atoms with Crippen LogP contribution in [-0.4, -0.2) is 48.4 Å². The first-order chi connectivity index (χ1) is 12.1. The van der Waals surface area contributed by atoms with Gasteiger partial charge in [0.05, 0.1) is 6.54 Å². The topological polar surface area (TPSA) is 61.4 Å². The molecule has 2 N–H and O–H groups in total. The van der Waals surface area contributed by atoms with Crippen LogP contribution in [-0.2, 0) is 4.79 Å². The Labute approximate surface area is 153 Å². The average molecular weight is 367 g/mol. The highest BCUT2D eigenvalue weighted by molar-refractivity contribution is 5.94. The number of hydrogen-bond acceptors (Lipinski definition) is 3. The molecule has 5 nitrogen and oxygen atoms in total. The normalized spacial score (nSPS) is 16.3. The summed E-state index contributed by atoms with van der Waals surface area (Å²) in [5, 5.41) is 5.69. The fourth-order valence-corrected chi connectivity index (χ4v) is 3.03. The van der Waals surface area contributed by atoms with Gasteiger partial charge in [-0.3, -0.25) is 14.5 Å². The number of benzene rings is 1. The highest BCUT2D eigenvalue weighted by Gasteiger charge is 2.23. The van der Waals surface area contributed by atoms with Crippen molar-refractivity contribution in [1.29, 1.82) is 0 Å². The molecule has 1 aliphatic rings. The molecular formula is C19H27F2N3O2. The van der Waals surface area contributed by atoms with Gasteiger partial charge in [0.1, 0.15) is 11.6 Å². The highest BCUT2D eigenvalue weighted by Crippen LogP contribution is 2.16. The van der Waals surface area contributed by atoms with E-state index in [2.05, 4.69) is 15.5 Å². The summed E-state index contributed by atoms with van der Waals surface area (Å²) in [5.74, 6) is -1.71. The van der Waals surface area contributed by atoms with Crippen LogP contribution in [0.5, 0.6) is 0 Å². The van der Waals surface area contributed by atoms with Gasteiger partial charge in [0.25, 0.3) is 5.91 Å². The predicted molar refractivity (Wildman–Crippen MR) is 95.8 cm³/mol. The first kappa shape index (κ1) is 20.3. The number of hydrogen-bond donors (Lipinski definition) is 2. The van der Waals surface area contributed by atoms with Crippen molar-refractivity contribution in [2.24, 2.45) is 5.92 Å². The summed E-state index contributed by atoms with van der Waals surface area (Å²) in [4.78, 5) is 26.1. The average Bonchev–Trinajstić information content (AvgIpc) is 2.51. The van der Waals surface area contributed by atoms with E-state index in [9.17, 15) is 18.4 Å². The number of halogens is 2. The Hall–Kier alpha value is -2.02. The molecule has 0 radical (unpaired) electrons. The number of nitrogens with zero attached hydrogens (tertiary/aromatic N) is 1. The maximum absolute atomic E-state index is 13.2. The fourth-order valence-electron chi connectivity index (χ4n) is 3.03. The zero-order chi connectivity index (χ0) is 19.3. The molecule has 0 aliphatic carbocycles. The Morgan fingerprint density at radius 3 is 2.23 bits per heavy atom. The van der Waals surface area contributed by atoms with Crippen molar-refractivity contribution in [2.75, 3.05) is 26.2 Å². The zero-order valence-corrected chi connectivity index (χ0v) is 15.6. The highest BCUT2D eigenvalue weighted by atomic mass is 19.1. The SMILES string of the molecule is CC(C)(C)NC(=O)CN1CCC(CNC(=O)c2cc(F)cc(F)c2)CC1. The summed E-state index contributed by atoms with van der Waals surface area (Å²) in [6, 6.07) is 2.78. The molecule has 2 rings (SSSR count). The van der Waals surface area contributed by atoms with Crippen LogP contribution in [0.4, 0.5) is 8.78 Å². The Kier molecular flexibility index (Phi) is 6.69. The third-order valence-corrected chi connectivity index (χ3v) is 4.26. The molecule has 1 heterocycles. The molecule has 0 unspecified atom stereocenters. The first-order valence-corrected chi connectivity index (χ1v) is 8.90. The lowest BCUT2D eigenvalue weighted by Crippen LogP contribution is -2.48. The standard InChI is InChI=1S/C19H27F2N3O2/c1-19(2,3)23-17(25)12-24-6-4-13(5-7-24)11-22-18(26)14-8-15(20)10-16(21)9-14/h8-10,13H,4-7,11-12H2,1-3H3,(H,22,26)(H,23,25).